The maximum atomic E-state index is 11.5. The van der Waals surface area contributed by atoms with Gasteiger partial charge in [-0.15, -0.1) is 0 Å². The van der Waals surface area contributed by atoms with E-state index in [1.165, 1.54) is 12.1 Å². The fourth-order valence-electron chi connectivity index (χ4n) is 1.43. The van der Waals surface area contributed by atoms with Gasteiger partial charge in [0, 0.05) is 12.1 Å². The molecule has 1 aliphatic carbocycles. The Morgan fingerprint density at radius 3 is 2.44 bits per heavy atom. The fraction of sp³-hybridized carbons (Fsp3) is 0.364. The first-order valence-corrected chi connectivity index (χ1v) is 5.79. The van der Waals surface area contributed by atoms with E-state index in [1.54, 1.807) is 0 Å². The minimum atomic E-state index is -0.163. The molecule has 1 aliphatic rings. The first-order valence-electron chi connectivity index (χ1n) is 5.04. The number of hydrogen-bond acceptors (Lipinski definition) is 2. The molecule has 0 bridgehead atoms. The van der Waals surface area contributed by atoms with Crippen LogP contribution >= 0.6 is 23.2 Å². The molecule has 0 unspecified atom stereocenters. The van der Waals surface area contributed by atoms with Crippen LogP contribution in [0.15, 0.2) is 12.1 Å². The molecule has 0 atom stereocenters. The summed E-state index contributed by atoms with van der Waals surface area (Å²) in [5.74, 6) is 0.326. The number of amides is 1. The second-order valence-electron chi connectivity index (χ2n) is 3.98. The smallest absolute Gasteiger partial charge is 0.224 e. The average Bonchev–Trinajstić information content (AvgIpc) is 2.97. The molecule has 86 valence electrons. The Balaban J connectivity index is 2.05. The predicted molar refractivity (Wildman–Crippen MR) is 64.1 cm³/mol. The molecule has 0 spiro atoms. The van der Waals surface area contributed by atoms with Gasteiger partial charge < -0.3 is 10.4 Å². The van der Waals surface area contributed by atoms with E-state index in [4.69, 9.17) is 23.2 Å². The van der Waals surface area contributed by atoms with E-state index in [0.29, 0.717) is 18.0 Å². The zero-order valence-electron chi connectivity index (χ0n) is 8.46. The molecule has 0 saturated heterocycles. The minimum Gasteiger partial charge on any atom is -0.505 e. The van der Waals surface area contributed by atoms with Crippen LogP contribution < -0.4 is 5.32 Å². The summed E-state index contributed by atoms with van der Waals surface area (Å²) in [6, 6.07) is 2.96. The molecule has 1 amide bonds. The summed E-state index contributed by atoms with van der Waals surface area (Å²) in [7, 11) is 0. The summed E-state index contributed by atoms with van der Waals surface area (Å²) in [6.07, 6.45) is 2.80. The lowest BCUT2D eigenvalue weighted by molar-refractivity contribution is -0.116. The maximum Gasteiger partial charge on any atom is 0.224 e. The summed E-state index contributed by atoms with van der Waals surface area (Å²) >= 11 is 11.5. The number of phenols is 1. The fourth-order valence-corrected chi connectivity index (χ4v) is 1.92. The van der Waals surface area contributed by atoms with Crippen molar-refractivity contribution < 1.29 is 9.90 Å². The largest absolute Gasteiger partial charge is 0.505 e. The van der Waals surface area contributed by atoms with Gasteiger partial charge in [0.2, 0.25) is 5.91 Å². The molecule has 1 saturated carbocycles. The van der Waals surface area contributed by atoms with Crippen molar-refractivity contribution in [2.75, 3.05) is 5.32 Å². The third-order valence-corrected chi connectivity index (χ3v) is 3.05. The number of anilines is 1. The van der Waals surface area contributed by atoms with Gasteiger partial charge >= 0.3 is 0 Å². The number of rotatable bonds is 3. The van der Waals surface area contributed by atoms with Gasteiger partial charge in [-0.1, -0.05) is 23.2 Å². The highest BCUT2D eigenvalue weighted by Gasteiger charge is 2.24. The van der Waals surface area contributed by atoms with E-state index in [-0.39, 0.29) is 21.7 Å². The Morgan fingerprint density at radius 2 is 1.94 bits per heavy atom. The average molecular weight is 260 g/mol. The van der Waals surface area contributed by atoms with Gasteiger partial charge in [0.25, 0.3) is 0 Å². The highest BCUT2D eigenvalue weighted by Crippen LogP contribution is 2.35. The standard InChI is InChI=1S/C11H11Cl2NO2/c12-8-4-7(5-9(13)11(8)16)14-10(15)3-6-1-2-6/h4-6,16H,1-3H2,(H,14,15). The number of halogens is 2. The van der Waals surface area contributed by atoms with Crippen LogP contribution in [0.25, 0.3) is 0 Å². The van der Waals surface area contributed by atoms with Crippen molar-refractivity contribution >= 4 is 34.8 Å². The SMILES string of the molecule is O=C(CC1CC1)Nc1cc(Cl)c(O)c(Cl)c1. The van der Waals surface area contributed by atoms with E-state index in [1.807, 2.05) is 0 Å². The number of benzene rings is 1. The van der Waals surface area contributed by atoms with Crippen molar-refractivity contribution in [3.05, 3.63) is 22.2 Å². The quantitative estimate of drug-likeness (QED) is 0.818. The van der Waals surface area contributed by atoms with Gasteiger partial charge in [-0.05, 0) is 30.9 Å². The van der Waals surface area contributed by atoms with Crippen molar-refractivity contribution in [1.82, 2.24) is 0 Å². The summed E-state index contributed by atoms with van der Waals surface area (Å²) in [5, 5.41) is 12.3. The second kappa shape index (κ2) is 4.52. The van der Waals surface area contributed by atoms with Crippen LogP contribution in [0, 0.1) is 5.92 Å². The van der Waals surface area contributed by atoms with E-state index in [0.717, 1.165) is 12.8 Å². The van der Waals surface area contributed by atoms with Gasteiger partial charge in [0.15, 0.2) is 5.75 Å². The Kier molecular flexibility index (Phi) is 3.26. The van der Waals surface area contributed by atoms with Gasteiger partial charge in [-0.3, -0.25) is 4.79 Å². The van der Waals surface area contributed by atoms with Gasteiger partial charge in [0.05, 0.1) is 10.0 Å². The molecule has 2 rings (SSSR count). The van der Waals surface area contributed by atoms with Crippen LogP contribution in [-0.4, -0.2) is 11.0 Å². The van der Waals surface area contributed by atoms with Crippen molar-refractivity contribution in [2.45, 2.75) is 19.3 Å². The molecule has 1 aromatic rings. The number of hydrogen-bond donors (Lipinski definition) is 2. The van der Waals surface area contributed by atoms with Crippen LogP contribution in [0.4, 0.5) is 5.69 Å². The normalized spacial score (nSPS) is 14.9. The van der Waals surface area contributed by atoms with Crippen LogP contribution in [-0.2, 0) is 4.79 Å². The third-order valence-electron chi connectivity index (χ3n) is 2.47. The molecule has 16 heavy (non-hydrogen) atoms. The van der Waals surface area contributed by atoms with E-state index in [2.05, 4.69) is 5.32 Å². The molecule has 1 aromatic carbocycles. The molecule has 5 heteroatoms. The summed E-state index contributed by atoms with van der Waals surface area (Å²) in [6.45, 7) is 0. The van der Waals surface area contributed by atoms with Crippen LogP contribution in [0.5, 0.6) is 5.75 Å². The third kappa shape index (κ3) is 2.80. The van der Waals surface area contributed by atoms with Crippen molar-refractivity contribution in [3.8, 4) is 5.75 Å². The molecule has 0 heterocycles. The maximum absolute atomic E-state index is 11.5. The lowest BCUT2D eigenvalue weighted by Crippen LogP contribution is -2.11. The molecule has 1 fully saturated rings. The highest BCUT2D eigenvalue weighted by molar-refractivity contribution is 6.37. The first-order chi connectivity index (χ1) is 7.56. The predicted octanol–water partition coefficient (Wildman–Crippen LogP) is 3.44. The monoisotopic (exact) mass is 259 g/mol. The Morgan fingerprint density at radius 1 is 1.38 bits per heavy atom. The van der Waals surface area contributed by atoms with Crippen LogP contribution in [0.3, 0.4) is 0 Å². The summed E-state index contributed by atoms with van der Waals surface area (Å²) in [4.78, 5) is 11.5. The van der Waals surface area contributed by atoms with E-state index >= 15 is 0 Å². The van der Waals surface area contributed by atoms with Crippen LogP contribution in [0.2, 0.25) is 10.0 Å². The Bertz CT molecular complexity index is 407. The zero-order chi connectivity index (χ0) is 11.7. The van der Waals surface area contributed by atoms with E-state index in [9.17, 15) is 9.90 Å². The first kappa shape index (κ1) is 11.6. The number of phenolic OH excluding ortho intramolecular Hbond substituents is 1. The number of nitrogens with one attached hydrogen (secondary N) is 1. The lowest BCUT2D eigenvalue weighted by Gasteiger charge is -2.07. The topological polar surface area (TPSA) is 49.3 Å². The number of aromatic hydroxyl groups is 1. The highest BCUT2D eigenvalue weighted by atomic mass is 35.5. The second-order valence-corrected chi connectivity index (χ2v) is 4.80. The van der Waals surface area contributed by atoms with Crippen LogP contribution in [0.1, 0.15) is 19.3 Å². The molecule has 2 N–H and O–H groups in total. The van der Waals surface area contributed by atoms with E-state index < -0.39 is 0 Å². The summed E-state index contributed by atoms with van der Waals surface area (Å²) < 4.78 is 0. The van der Waals surface area contributed by atoms with Gasteiger partial charge in [-0.25, -0.2) is 0 Å². The van der Waals surface area contributed by atoms with Gasteiger partial charge in [0.1, 0.15) is 0 Å². The molecular weight excluding hydrogens is 249 g/mol. The van der Waals surface area contributed by atoms with Gasteiger partial charge in [-0.2, -0.15) is 0 Å². The number of carbonyl (C=O) groups excluding carboxylic acids is 1. The summed E-state index contributed by atoms with van der Waals surface area (Å²) in [5.41, 5.74) is 0.512. The molecule has 3 nitrogen and oxygen atoms in total. The zero-order valence-corrected chi connectivity index (χ0v) is 9.98. The Hall–Kier alpha value is -0.930. The Labute approximate surface area is 103 Å². The molecule has 0 aromatic heterocycles. The molecule has 0 radical (unpaired) electrons. The van der Waals surface area contributed by atoms with Crippen molar-refractivity contribution in [2.24, 2.45) is 5.92 Å². The minimum absolute atomic E-state index is 0.0414. The molecular formula is C11H11Cl2NO2. The number of carbonyl (C=O) groups is 1. The molecule has 0 aliphatic heterocycles. The van der Waals surface area contributed by atoms with Crippen molar-refractivity contribution in [1.29, 1.82) is 0 Å². The van der Waals surface area contributed by atoms with Crippen molar-refractivity contribution in [3.63, 3.8) is 0 Å². The lowest BCUT2D eigenvalue weighted by atomic mass is 10.2.